The maximum Gasteiger partial charge on any atom is 0.260 e. The van der Waals surface area contributed by atoms with Crippen molar-refractivity contribution in [2.45, 2.75) is 0 Å². The number of nitrogens with one attached hydrogen (secondary N) is 1. The molecule has 6 nitrogen and oxygen atoms in total. The first-order valence-electron chi connectivity index (χ1n) is 5.80. The molecule has 3 aromatic rings. The highest BCUT2D eigenvalue weighted by Gasteiger charge is 2.14. The Bertz CT molecular complexity index is 798. The summed E-state index contributed by atoms with van der Waals surface area (Å²) in [5.41, 5.74) is 7.34. The number of nitrogens with two attached hydrogens (primary N) is 1. The zero-order valence-corrected chi connectivity index (χ0v) is 11.8. The van der Waals surface area contributed by atoms with Gasteiger partial charge in [0.05, 0.1) is 33.6 Å². The fourth-order valence-corrected chi connectivity index (χ4v) is 2.29. The van der Waals surface area contributed by atoms with Crippen molar-refractivity contribution in [2.24, 2.45) is 0 Å². The van der Waals surface area contributed by atoms with Gasteiger partial charge >= 0.3 is 0 Å². The number of hydrogen-bond acceptors (Lipinski definition) is 4. The molecule has 0 aliphatic heterocycles. The largest absolute Gasteiger partial charge is 0.397 e. The van der Waals surface area contributed by atoms with E-state index in [4.69, 9.17) is 5.73 Å². The smallest absolute Gasteiger partial charge is 0.260 e. The SMILES string of the molecule is Nc1cnc(NC(=O)c2cnn3ccccc23)c(Br)c1. The van der Waals surface area contributed by atoms with Crippen molar-refractivity contribution in [3.05, 3.63) is 52.9 Å². The van der Waals surface area contributed by atoms with E-state index in [-0.39, 0.29) is 5.91 Å². The Labute approximate surface area is 122 Å². The number of anilines is 2. The number of halogens is 1. The molecule has 3 aromatic heterocycles. The van der Waals surface area contributed by atoms with Gasteiger partial charge in [0.15, 0.2) is 0 Å². The topological polar surface area (TPSA) is 85.3 Å². The quantitative estimate of drug-likeness (QED) is 0.754. The minimum Gasteiger partial charge on any atom is -0.397 e. The van der Waals surface area contributed by atoms with Crippen LogP contribution in [0.5, 0.6) is 0 Å². The van der Waals surface area contributed by atoms with Crippen molar-refractivity contribution in [1.29, 1.82) is 0 Å². The van der Waals surface area contributed by atoms with Crippen LogP contribution >= 0.6 is 15.9 Å². The van der Waals surface area contributed by atoms with Gasteiger partial charge in [-0.3, -0.25) is 4.79 Å². The number of fused-ring (bicyclic) bond motifs is 1. The van der Waals surface area contributed by atoms with Crippen LogP contribution < -0.4 is 11.1 Å². The molecule has 100 valence electrons. The highest BCUT2D eigenvalue weighted by atomic mass is 79.9. The molecule has 0 aromatic carbocycles. The molecule has 0 saturated heterocycles. The molecule has 0 radical (unpaired) electrons. The summed E-state index contributed by atoms with van der Waals surface area (Å²) in [4.78, 5) is 16.3. The van der Waals surface area contributed by atoms with Gasteiger partial charge in [-0.2, -0.15) is 5.10 Å². The van der Waals surface area contributed by atoms with Crippen molar-refractivity contribution in [2.75, 3.05) is 11.1 Å². The van der Waals surface area contributed by atoms with Crippen LogP contribution in [0.2, 0.25) is 0 Å². The Morgan fingerprint density at radius 1 is 1.35 bits per heavy atom. The number of hydrogen-bond donors (Lipinski definition) is 2. The predicted molar refractivity (Wildman–Crippen MR) is 79.5 cm³/mol. The zero-order valence-electron chi connectivity index (χ0n) is 10.2. The maximum absolute atomic E-state index is 12.3. The predicted octanol–water partition coefficient (Wildman–Crippen LogP) is 2.33. The number of nitrogen functional groups attached to an aromatic ring is 1. The number of carbonyl (C=O) groups is 1. The van der Waals surface area contributed by atoms with Gasteiger partial charge < -0.3 is 11.1 Å². The molecule has 0 spiro atoms. The molecule has 0 saturated carbocycles. The molecule has 7 heteroatoms. The lowest BCUT2D eigenvalue weighted by molar-refractivity contribution is 0.102. The minimum atomic E-state index is -0.274. The van der Waals surface area contributed by atoms with Gasteiger partial charge in [-0.15, -0.1) is 0 Å². The summed E-state index contributed by atoms with van der Waals surface area (Å²) in [6.07, 6.45) is 4.79. The van der Waals surface area contributed by atoms with Crippen LogP contribution in [0.1, 0.15) is 10.4 Å². The summed E-state index contributed by atoms with van der Waals surface area (Å²) in [7, 11) is 0. The van der Waals surface area contributed by atoms with Crippen LogP contribution in [0.25, 0.3) is 5.52 Å². The van der Waals surface area contributed by atoms with E-state index in [2.05, 4.69) is 31.3 Å². The van der Waals surface area contributed by atoms with Crippen molar-refractivity contribution >= 4 is 38.9 Å². The number of aromatic nitrogens is 3. The number of nitrogens with zero attached hydrogens (tertiary/aromatic N) is 3. The van der Waals surface area contributed by atoms with Gasteiger partial charge in [0.25, 0.3) is 5.91 Å². The molecular formula is C13H10BrN5O. The third-order valence-corrected chi connectivity index (χ3v) is 3.37. The molecule has 3 N–H and O–H groups in total. The average molecular weight is 332 g/mol. The van der Waals surface area contributed by atoms with Gasteiger partial charge in [0.2, 0.25) is 0 Å². The summed E-state index contributed by atoms with van der Waals surface area (Å²) >= 11 is 3.31. The van der Waals surface area contributed by atoms with Gasteiger partial charge in [0, 0.05) is 6.20 Å². The third-order valence-electron chi connectivity index (χ3n) is 2.77. The van der Waals surface area contributed by atoms with E-state index < -0.39 is 0 Å². The second-order valence-electron chi connectivity index (χ2n) is 4.14. The molecule has 0 aliphatic rings. The van der Waals surface area contributed by atoms with E-state index in [1.54, 1.807) is 16.8 Å². The first kappa shape index (κ1) is 12.6. The van der Waals surface area contributed by atoms with Crippen LogP contribution in [0, 0.1) is 0 Å². The lowest BCUT2D eigenvalue weighted by atomic mass is 10.2. The van der Waals surface area contributed by atoms with Crippen LogP contribution in [-0.2, 0) is 0 Å². The fourth-order valence-electron chi connectivity index (χ4n) is 1.83. The number of amides is 1. The molecule has 20 heavy (non-hydrogen) atoms. The summed E-state index contributed by atoms with van der Waals surface area (Å²) in [5.74, 6) is 0.142. The molecule has 3 heterocycles. The lowest BCUT2D eigenvalue weighted by Gasteiger charge is -2.06. The highest BCUT2D eigenvalue weighted by molar-refractivity contribution is 9.10. The monoisotopic (exact) mass is 331 g/mol. The zero-order chi connectivity index (χ0) is 14.1. The fraction of sp³-hybridized carbons (Fsp3) is 0. The highest BCUT2D eigenvalue weighted by Crippen LogP contribution is 2.22. The van der Waals surface area contributed by atoms with Crippen LogP contribution in [0.3, 0.4) is 0 Å². The lowest BCUT2D eigenvalue weighted by Crippen LogP contribution is -2.13. The van der Waals surface area contributed by atoms with Crippen molar-refractivity contribution in [3.63, 3.8) is 0 Å². The van der Waals surface area contributed by atoms with Gasteiger partial charge in [-0.1, -0.05) is 6.07 Å². The van der Waals surface area contributed by atoms with Crippen LogP contribution in [0.4, 0.5) is 11.5 Å². The Kier molecular flexibility index (Phi) is 3.11. The average Bonchev–Trinajstić information content (AvgIpc) is 2.86. The summed E-state index contributed by atoms with van der Waals surface area (Å²) < 4.78 is 2.27. The molecule has 3 rings (SSSR count). The molecule has 0 aliphatic carbocycles. The van der Waals surface area contributed by atoms with Gasteiger partial charge in [-0.05, 0) is 34.1 Å². The molecule has 0 fully saturated rings. The first-order valence-corrected chi connectivity index (χ1v) is 6.59. The molecule has 0 atom stereocenters. The maximum atomic E-state index is 12.3. The van der Waals surface area contributed by atoms with Crippen molar-refractivity contribution in [3.8, 4) is 0 Å². The Hall–Kier alpha value is -2.41. The number of pyridine rings is 2. The third kappa shape index (κ3) is 2.23. The van der Waals surface area contributed by atoms with E-state index in [1.807, 2.05) is 18.2 Å². The summed E-state index contributed by atoms with van der Waals surface area (Å²) in [6, 6.07) is 7.21. The van der Waals surface area contributed by atoms with Gasteiger partial charge in [0.1, 0.15) is 5.82 Å². The minimum absolute atomic E-state index is 0.274. The molecule has 1 amide bonds. The van der Waals surface area contributed by atoms with Gasteiger partial charge in [-0.25, -0.2) is 9.50 Å². The second kappa shape index (κ2) is 4.93. The van der Waals surface area contributed by atoms with E-state index in [9.17, 15) is 4.79 Å². The van der Waals surface area contributed by atoms with E-state index in [0.717, 1.165) is 5.52 Å². The Balaban J connectivity index is 1.93. The Morgan fingerprint density at radius 3 is 3.00 bits per heavy atom. The number of carbonyl (C=O) groups excluding carboxylic acids is 1. The first-order chi connectivity index (χ1) is 9.65. The van der Waals surface area contributed by atoms with E-state index in [0.29, 0.717) is 21.5 Å². The van der Waals surface area contributed by atoms with Crippen molar-refractivity contribution < 1.29 is 4.79 Å². The summed E-state index contributed by atoms with van der Waals surface area (Å²) in [6.45, 7) is 0. The molecule has 0 bridgehead atoms. The second-order valence-corrected chi connectivity index (χ2v) is 5.00. The van der Waals surface area contributed by atoms with Crippen LogP contribution in [0.15, 0.2) is 47.3 Å². The Morgan fingerprint density at radius 2 is 2.20 bits per heavy atom. The summed E-state index contributed by atoms with van der Waals surface area (Å²) in [5, 5.41) is 6.85. The molecule has 0 unspecified atom stereocenters. The van der Waals surface area contributed by atoms with E-state index >= 15 is 0 Å². The van der Waals surface area contributed by atoms with Crippen LogP contribution in [-0.4, -0.2) is 20.5 Å². The van der Waals surface area contributed by atoms with E-state index in [1.165, 1.54) is 12.4 Å². The standard InChI is InChI=1S/C13H10BrN5O/c14-10-5-8(15)6-16-12(10)18-13(20)9-7-17-19-4-2-1-3-11(9)19/h1-7H,15H2,(H,16,18,20). The molecular weight excluding hydrogens is 322 g/mol. The van der Waals surface area contributed by atoms with Crippen molar-refractivity contribution in [1.82, 2.24) is 14.6 Å². The number of rotatable bonds is 2. The normalized spacial score (nSPS) is 10.7.